The van der Waals surface area contributed by atoms with Gasteiger partial charge in [-0.15, -0.1) is 0 Å². The van der Waals surface area contributed by atoms with Gasteiger partial charge in [0.05, 0.1) is 5.60 Å². The van der Waals surface area contributed by atoms with E-state index in [4.69, 9.17) is 4.74 Å². The molecule has 1 unspecified atom stereocenters. The van der Waals surface area contributed by atoms with Crippen molar-refractivity contribution in [2.24, 2.45) is 0 Å². The molecule has 0 radical (unpaired) electrons. The van der Waals surface area contributed by atoms with Crippen molar-refractivity contribution in [2.75, 3.05) is 25.2 Å². The van der Waals surface area contributed by atoms with E-state index in [2.05, 4.69) is 0 Å². The van der Waals surface area contributed by atoms with Crippen molar-refractivity contribution in [3.05, 3.63) is 35.9 Å². The first-order valence-corrected chi connectivity index (χ1v) is 6.67. The molecule has 16 heavy (non-hydrogen) atoms. The summed E-state index contributed by atoms with van der Waals surface area (Å²) in [5.74, 6) is 1.75. The first-order valence-electron chi connectivity index (χ1n) is 5.51. The summed E-state index contributed by atoms with van der Waals surface area (Å²) >= 11 is 1.76. The molecule has 2 nitrogen and oxygen atoms in total. The molecule has 1 N–H and O–H groups in total. The molecule has 0 saturated heterocycles. The maximum Gasteiger partial charge on any atom is 0.0958 e. The predicted octanol–water partition coefficient (Wildman–Crippen LogP) is 2.66. The number of thioether (sulfide) groups is 1. The van der Waals surface area contributed by atoms with Gasteiger partial charge in [-0.1, -0.05) is 30.3 Å². The van der Waals surface area contributed by atoms with Crippen LogP contribution in [-0.2, 0) is 10.3 Å². The number of hydrogen-bond donors (Lipinski definition) is 1. The minimum atomic E-state index is -0.737. The monoisotopic (exact) mass is 240 g/mol. The third kappa shape index (κ3) is 4.56. The summed E-state index contributed by atoms with van der Waals surface area (Å²) in [5.41, 5.74) is 0.244. The summed E-state index contributed by atoms with van der Waals surface area (Å²) in [4.78, 5) is 0. The summed E-state index contributed by atoms with van der Waals surface area (Å²) in [6, 6.07) is 9.82. The van der Waals surface area contributed by atoms with Crippen LogP contribution in [0.5, 0.6) is 0 Å². The second-order valence-electron chi connectivity index (χ2n) is 4.04. The summed E-state index contributed by atoms with van der Waals surface area (Å²) in [5, 5.41) is 10.3. The fourth-order valence-electron chi connectivity index (χ4n) is 1.46. The van der Waals surface area contributed by atoms with Gasteiger partial charge in [0.15, 0.2) is 0 Å². The van der Waals surface area contributed by atoms with Gasteiger partial charge in [0.2, 0.25) is 0 Å². The number of benzene rings is 1. The van der Waals surface area contributed by atoms with Crippen LogP contribution in [0.4, 0.5) is 0 Å². The zero-order valence-corrected chi connectivity index (χ0v) is 10.8. The Kier molecular flexibility index (Phi) is 5.88. The summed E-state index contributed by atoms with van der Waals surface area (Å²) in [6.07, 6.45) is 1.03. The van der Waals surface area contributed by atoms with E-state index < -0.39 is 5.60 Å². The number of hydrogen-bond acceptors (Lipinski definition) is 3. The van der Waals surface area contributed by atoms with Gasteiger partial charge in [-0.25, -0.2) is 0 Å². The highest BCUT2D eigenvalue weighted by Gasteiger charge is 2.22. The van der Waals surface area contributed by atoms with Crippen LogP contribution in [-0.4, -0.2) is 30.3 Å². The summed E-state index contributed by atoms with van der Waals surface area (Å²) < 4.78 is 4.98. The molecule has 0 fully saturated rings. The maximum atomic E-state index is 10.3. The molecule has 0 aromatic heterocycles. The minimum absolute atomic E-state index is 0.723. The van der Waals surface area contributed by atoms with Crippen LogP contribution in [0.3, 0.4) is 0 Å². The largest absolute Gasteiger partial charge is 0.385 e. The lowest BCUT2D eigenvalue weighted by molar-refractivity contribution is 0.0839. The molecule has 90 valence electrons. The van der Waals surface area contributed by atoms with Gasteiger partial charge in [-0.2, -0.15) is 11.8 Å². The lowest BCUT2D eigenvalue weighted by Crippen LogP contribution is -2.24. The Morgan fingerprint density at radius 1 is 1.31 bits per heavy atom. The van der Waals surface area contributed by atoms with Crippen molar-refractivity contribution >= 4 is 11.8 Å². The topological polar surface area (TPSA) is 29.5 Å². The van der Waals surface area contributed by atoms with E-state index in [1.54, 1.807) is 18.9 Å². The average Bonchev–Trinajstić information content (AvgIpc) is 2.30. The van der Waals surface area contributed by atoms with Crippen LogP contribution >= 0.6 is 11.8 Å². The molecular formula is C13H20O2S. The molecule has 0 aliphatic heterocycles. The molecule has 0 amide bonds. The summed E-state index contributed by atoms with van der Waals surface area (Å²) in [6.45, 7) is 2.66. The number of aliphatic hydroxyl groups is 1. The lowest BCUT2D eigenvalue weighted by atomic mass is 9.99. The second-order valence-corrected chi connectivity index (χ2v) is 5.14. The first kappa shape index (κ1) is 13.6. The Morgan fingerprint density at radius 3 is 2.62 bits per heavy atom. The van der Waals surface area contributed by atoms with E-state index in [-0.39, 0.29) is 0 Å². The molecule has 0 spiro atoms. The Morgan fingerprint density at radius 2 is 2.00 bits per heavy atom. The van der Waals surface area contributed by atoms with Gasteiger partial charge >= 0.3 is 0 Å². The normalized spacial score (nSPS) is 14.7. The number of ether oxygens (including phenoxy) is 1. The van der Waals surface area contributed by atoms with Crippen molar-refractivity contribution in [3.8, 4) is 0 Å². The van der Waals surface area contributed by atoms with Crippen molar-refractivity contribution in [1.82, 2.24) is 0 Å². The van der Waals surface area contributed by atoms with Crippen LogP contribution in [0.15, 0.2) is 30.3 Å². The molecule has 1 aromatic carbocycles. The van der Waals surface area contributed by atoms with Gasteiger partial charge in [-0.05, 0) is 24.7 Å². The van der Waals surface area contributed by atoms with Crippen LogP contribution in [0.25, 0.3) is 0 Å². The van der Waals surface area contributed by atoms with E-state index in [9.17, 15) is 5.11 Å². The minimum Gasteiger partial charge on any atom is -0.385 e. The van der Waals surface area contributed by atoms with Crippen molar-refractivity contribution in [3.63, 3.8) is 0 Å². The van der Waals surface area contributed by atoms with E-state index in [1.807, 2.05) is 37.3 Å². The highest BCUT2D eigenvalue weighted by Crippen LogP contribution is 2.25. The highest BCUT2D eigenvalue weighted by atomic mass is 32.2. The van der Waals surface area contributed by atoms with Crippen LogP contribution in [0.2, 0.25) is 0 Å². The third-order valence-corrected chi connectivity index (χ3v) is 3.76. The Bertz CT molecular complexity index is 285. The van der Waals surface area contributed by atoms with Crippen LogP contribution in [0.1, 0.15) is 18.9 Å². The molecule has 3 heteroatoms. The highest BCUT2D eigenvalue weighted by molar-refractivity contribution is 7.99. The first-order chi connectivity index (χ1) is 7.67. The smallest absolute Gasteiger partial charge is 0.0958 e. The fourth-order valence-corrected chi connectivity index (χ4v) is 2.49. The molecule has 0 aliphatic carbocycles. The van der Waals surface area contributed by atoms with Crippen LogP contribution < -0.4 is 0 Å². The Balaban J connectivity index is 2.35. The quantitative estimate of drug-likeness (QED) is 0.743. The number of rotatable bonds is 7. The zero-order valence-electron chi connectivity index (χ0n) is 9.98. The number of methoxy groups -OCH3 is 1. The summed E-state index contributed by atoms with van der Waals surface area (Å²) in [7, 11) is 1.71. The maximum absolute atomic E-state index is 10.3. The fraction of sp³-hybridized carbons (Fsp3) is 0.538. The molecule has 1 aromatic rings. The van der Waals surface area contributed by atoms with Gasteiger partial charge < -0.3 is 9.84 Å². The SMILES string of the molecule is COCCCSCC(C)(O)c1ccccc1. The van der Waals surface area contributed by atoms with E-state index in [1.165, 1.54) is 0 Å². The standard InChI is InChI=1S/C13H20O2S/c1-13(14,11-16-10-6-9-15-2)12-7-4-3-5-8-12/h3-5,7-8,14H,6,9-11H2,1-2H3. The molecular weight excluding hydrogens is 220 g/mol. The second kappa shape index (κ2) is 6.94. The van der Waals surface area contributed by atoms with Crippen molar-refractivity contribution in [2.45, 2.75) is 18.9 Å². The molecule has 0 aliphatic rings. The van der Waals surface area contributed by atoms with Gasteiger partial charge in [0, 0.05) is 19.5 Å². The van der Waals surface area contributed by atoms with E-state index in [0.29, 0.717) is 0 Å². The third-order valence-electron chi connectivity index (χ3n) is 2.42. The Labute approximate surface area is 102 Å². The molecule has 1 atom stereocenters. The molecule has 1 rings (SSSR count). The molecule has 0 saturated carbocycles. The van der Waals surface area contributed by atoms with E-state index >= 15 is 0 Å². The Hall–Kier alpha value is -0.510. The van der Waals surface area contributed by atoms with Crippen molar-refractivity contribution in [1.29, 1.82) is 0 Å². The van der Waals surface area contributed by atoms with Gasteiger partial charge in [0.1, 0.15) is 0 Å². The zero-order chi connectivity index (χ0) is 11.9. The molecule has 0 bridgehead atoms. The lowest BCUT2D eigenvalue weighted by Gasteiger charge is -2.23. The van der Waals surface area contributed by atoms with Crippen molar-refractivity contribution < 1.29 is 9.84 Å². The average molecular weight is 240 g/mol. The van der Waals surface area contributed by atoms with E-state index in [0.717, 1.165) is 30.1 Å². The van der Waals surface area contributed by atoms with Gasteiger partial charge in [0.25, 0.3) is 0 Å². The van der Waals surface area contributed by atoms with Crippen LogP contribution in [0, 0.1) is 0 Å². The van der Waals surface area contributed by atoms with Gasteiger partial charge in [-0.3, -0.25) is 0 Å². The predicted molar refractivity (Wildman–Crippen MR) is 69.8 cm³/mol. The molecule has 0 heterocycles.